The molecule has 2 rings (SSSR count). The lowest BCUT2D eigenvalue weighted by Crippen LogP contribution is -2.12. The van der Waals surface area contributed by atoms with Crippen LogP contribution in [0.4, 0.5) is 8.78 Å². The predicted molar refractivity (Wildman–Crippen MR) is 76.1 cm³/mol. The lowest BCUT2D eigenvalue weighted by molar-refractivity contribution is 0.151. The van der Waals surface area contributed by atoms with E-state index in [1.807, 2.05) is 30.3 Å². The van der Waals surface area contributed by atoms with E-state index in [0.29, 0.717) is 13.1 Å². The van der Waals surface area contributed by atoms with Crippen molar-refractivity contribution < 1.29 is 8.78 Å². The SMILES string of the molecule is FC(F)c1cccc(CNCc2ccc(Br)cc2)c1. The molecule has 0 bridgehead atoms. The van der Waals surface area contributed by atoms with Crippen LogP contribution in [0.1, 0.15) is 23.1 Å². The standard InChI is InChI=1S/C15H14BrF2N/c16-14-6-4-11(5-7-14)9-19-10-12-2-1-3-13(8-12)15(17)18/h1-8,15,19H,9-10H2. The van der Waals surface area contributed by atoms with Crippen LogP contribution < -0.4 is 5.32 Å². The largest absolute Gasteiger partial charge is 0.309 e. The molecule has 0 atom stereocenters. The van der Waals surface area contributed by atoms with Crippen LogP contribution in [0.2, 0.25) is 0 Å². The highest BCUT2D eigenvalue weighted by Gasteiger charge is 2.06. The minimum Gasteiger partial charge on any atom is -0.309 e. The Morgan fingerprint density at radius 3 is 2.32 bits per heavy atom. The van der Waals surface area contributed by atoms with E-state index in [4.69, 9.17) is 0 Å². The van der Waals surface area contributed by atoms with Crippen LogP contribution in [-0.2, 0) is 13.1 Å². The minimum atomic E-state index is -2.41. The summed E-state index contributed by atoms with van der Waals surface area (Å²) in [6.45, 7) is 1.29. The fourth-order valence-corrected chi connectivity index (χ4v) is 2.06. The zero-order valence-corrected chi connectivity index (χ0v) is 11.8. The van der Waals surface area contributed by atoms with Gasteiger partial charge in [0.15, 0.2) is 0 Å². The van der Waals surface area contributed by atoms with E-state index in [9.17, 15) is 8.78 Å². The van der Waals surface area contributed by atoms with E-state index < -0.39 is 6.43 Å². The Bertz CT molecular complexity index is 526. The normalized spacial score (nSPS) is 10.9. The molecule has 0 aliphatic rings. The molecule has 0 spiro atoms. The number of hydrogen-bond donors (Lipinski definition) is 1. The van der Waals surface area contributed by atoms with Crippen LogP contribution >= 0.6 is 15.9 Å². The van der Waals surface area contributed by atoms with Crippen molar-refractivity contribution in [2.24, 2.45) is 0 Å². The van der Waals surface area contributed by atoms with E-state index in [0.717, 1.165) is 15.6 Å². The monoisotopic (exact) mass is 325 g/mol. The first-order valence-electron chi connectivity index (χ1n) is 5.97. The molecule has 0 aliphatic heterocycles. The van der Waals surface area contributed by atoms with Gasteiger partial charge in [-0.05, 0) is 29.3 Å². The summed E-state index contributed by atoms with van der Waals surface area (Å²) >= 11 is 3.38. The van der Waals surface area contributed by atoms with Crippen molar-refractivity contribution in [3.05, 3.63) is 69.7 Å². The Hall–Kier alpha value is -1.26. The first kappa shape index (κ1) is 14.2. The molecule has 1 N–H and O–H groups in total. The number of nitrogens with one attached hydrogen (secondary N) is 1. The molecule has 0 unspecified atom stereocenters. The van der Waals surface area contributed by atoms with Gasteiger partial charge in [0.1, 0.15) is 0 Å². The first-order valence-corrected chi connectivity index (χ1v) is 6.76. The Labute approximate surface area is 119 Å². The second-order valence-corrected chi connectivity index (χ2v) is 5.19. The molecule has 1 nitrogen and oxygen atoms in total. The summed E-state index contributed by atoms with van der Waals surface area (Å²) in [5, 5.41) is 3.24. The maximum Gasteiger partial charge on any atom is 0.263 e. The Morgan fingerprint density at radius 1 is 0.947 bits per heavy atom. The molecule has 100 valence electrons. The molecule has 19 heavy (non-hydrogen) atoms. The van der Waals surface area contributed by atoms with Gasteiger partial charge >= 0.3 is 0 Å². The molecule has 2 aromatic rings. The number of alkyl halides is 2. The Balaban J connectivity index is 1.88. The average Bonchev–Trinajstić information content (AvgIpc) is 2.41. The predicted octanol–water partition coefficient (Wildman–Crippen LogP) is 4.68. The maximum atomic E-state index is 12.5. The minimum absolute atomic E-state index is 0.0722. The van der Waals surface area contributed by atoms with Crippen molar-refractivity contribution in [3.63, 3.8) is 0 Å². The Morgan fingerprint density at radius 2 is 1.63 bits per heavy atom. The van der Waals surface area contributed by atoms with Crippen molar-refractivity contribution in [1.82, 2.24) is 5.32 Å². The zero-order chi connectivity index (χ0) is 13.7. The Kier molecular flexibility index (Phi) is 5.05. The number of rotatable bonds is 5. The van der Waals surface area contributed by atoms with Gasteiger partial charge in [-0.25, -0.2) is 8.78 Å². The summed E-state index contributed by atoms with van der Waals surface area (Å²) in [7, 11) is 0. The van der Waals surface area contributed by atoms with Crippen LogP contribution in [0.5, 0.6) is 0 Å². The van der Waals surface area contributed by atoms with Crippen molar-refractivity contribution in [2.45, 2.75) is 19.5 Å². The molecule has 0 fully saturated rings. The summed E-state index contributed by atoms with van der Waals surface area (Å²) < 4.78 is 26.1. The van der Waals surface area contributed by atoms with Crippen LogP contribution in [-0.4, -0.2) is 0 Å². The highest BCUT2D eigenvalue weighted by atomic mass is 79.9. The van der Waals surface area contributed by atoms with E-state index in [2.05, 4.69) is 21.2 Å². The maximum absolute atomic E-state index is 12.5. The topological polar surface area (TPSA) is 12.0 Å². The highest BCUT2D eigenvalue weighted by Crippen LogP contribution is 2.19. The molecular formula is C15H14BrF2N. The number of benzene rings is 2. The van der Waals surface area contributed by atoms with E-state index in [-0.39, 0.29) is 5.56 Å². The van der Waals surface area contributed by atoms with Gasteiger partial charge in [-0.3, -0.25) is 0 Å². The van der Waals surface area contributed by atoms with Gasteiger partial charge in [0.2, 0.25) is 0 Å². The zero-order valence-electron chi connectivity index (χ0n) is 10.2. The fraction of sp³-hybridized carbons (Fsp3) is 0.200. The summed E-state index contributed by atoms with van der Waals surface area (Å²) in [4.78, 5) is 0. The second-order valence-electron chi connectivity index (χ2n) is 4.28. The lowest BCUT2D eigenvalue weighted by Gasteiger charge is -2.07. The molecule has 0 radical (unpaired) electrons. The molecule has 2 aromatic carbocycles. The molecule has 0 saturated heterocycles. The molecule has 4 heteroatoms. The van der Waals surface area contributed by atoms with Gasteiger partial charge in [0, 0.05) is 23.1 Å². The van der Waals surface area contributed by atoms with Crippen LogP contribution in [0.3, 0.4) is 0 Å². The van der Waals surface area contributed by atoms with Gasteiger partial charge in [-0.15, -0.1) is 0 Å². The number of hydrogen-bond acceptors (Lipinski definition) is 1. The highest BCUT2D eigenvalue weighted by molar-refractivity contribution is 9.10. The smallest absolute Gasteiger partial charge is 0.263 e. The molecule has 0 amide bonds. The van der Waals surface area contributed by atoms with E-state index >= 15 is 0 Å². The second kappa shape index (κ2) is 6.78. The summed E-state index contributed by atoms with van der Waals surface area (Å²) in [5.74, 6) is 0. The van der Waals surface area contributed by atoms with Crippen molar-refractivity contribution in [2.75, 3.05) is 0 Å². The summed E-state index contributed by atoms with van der Waals surface area (Å²) in [6, 6.07) is 14.5. The van der Waals surface area contributed by atoms with Crippen molar-refractivity contribution >= 4 is 15.9 Å². The van der Waals surface area contributed by atoms with Crippen molar-refractivity contribution in [1.29, 1.82) is 0 Å². The fourth-order valence-electron chi connectivity index (χ4n) is 1.79. The first-order chi connectivity index (χ1) is 9.15. The third kappa shape index (κ3) is 4.40. The molecular weight excluding hydrogens is 312 g/mol. The van der Waals surface area contributed by atoms with E-state index in [1.54, 1.807) is 12.1 Å². The molecule has 0 heterocycles. The summed E-state index contributed by atoms with van der Waals surface area (Å²) in [5.41, 5.74) is 2.10. The van der Waals surface area contributed by atoms with Gasteiger partial charge in [-0.2, -0.15) is 0 Å². The van der Waals surface area contributed by atoms with E-state index in [1.165, 1.54) is 6.07 Å². The molecule has 0 aliphatic carbocycles. The van der Waals surface area contributed by atoms with Crippen LogP contribution in [0, 0.1) is 0 Å². The average molecular weight is 326 g/mol. The third-order valence-electron chi connectivity index (χ3n) is 2.77. The quantitative estimate of drug-likeness (QED) is 0.841. The van der Waals surface area contributed by atoms with Gasteiger partial charge in [0.25, 0.3) is 6.43 Å². The number of halogens is 3. The van der Waals surface area contributed by atoms with Gasteiger partial charge in [0.05, 0.1) is 0 Å². The van der Waals surface area contributed by atoms with Crippen LogP contribution in [0.15, 0.2) is 53.0 Å². The molecule has 0 saturated carbocycles. The van der Waals surface area contributed by atoms with Gasteiger partial charge < -0.3 is 5.32 Å². The van der Waals surface area contributed by atoms with Gasteiger partial charge in [-0.1, -0.05) is 46.3 Å². The lowest BCUT2D eigenvalue weighted by atomic mass is 10.1. The van der Waals surface area contributed by atoms with Crippen molar-refractivity contribution in [3.8, 4) is 0 Å². The van der Waals surface area contributed by atoms with Crippen LogP contribution in [0.25, 0.3) is 0 Å². The summed E-state index contributed by atoms with van der Waals surface area (Å²) in [6.07, 6.45) is -2.41. The molecule has 0 aromatic heterocycles. The third-order valence-corrected chi connectivity index (χ3v) is 3.30.